The molecule has 2 aromatic heterocycles. The van der Waals surface area contributed by atoms with Crippen molar-refractivity contribution in [3.05, 3.63) is 59.2 Å². The number of carbonyl (C=O) groups is 1. The van der Waals surface area contributed by atoms with Gasteiger partial charge in [-0.3, -0.25) is 9.89 Å². The number of rotatable bonds is 4. The van der Waals surface area contributed by atoms with E-state index in [4.69, 9.17) is 0 Å². The van der Waals surface area contributed by atoms with Crippen molar-refractivity contribution in [2.24, 2.45) is 5.92 Å². The Bertz CT molecular complexity index is 1370. The Hall–Kier alpha value is -3.29. The van der Waals surface area contributed by atoms with Gasteiger partial charge in [0.1, 0.15) is 5.52 Å². The van der Waals surface area contributed by atoms with Crippen LogP contribution in [0.4, 0.5) is 13.2 Å². The van der Waals surface area contributed by atoms with E-state index in [0.717, 1.165) is 23.4 Å². The third-order valence-corrected chi connectivity index (χ3v) is 6.58. The highest BCUT2D eigenvalue weighted by molar-refractivity contribution is 6.00. The van der Waals surface area contributed by atoms with Crippen LogP contribution in [0.2, 0.25) is 0 Å². The van der Waals surface area contributed by atoms with Crippen LogP contribution in [0.25, 0.3) is 27.5 Å². The molecule has 2 atom stereocenters. The first-order valence-corrected chi connectivity index (χ1v) is 10.7. The Morgan fingerprint density at radius 3 is 2.62 bits per heavy atom. The minimum absolute atomic E-state index is 0.0785. The molecule has 32 heavy (non-hydrogen) atoms. The Morgan fingerprint density at radius 2 is 1.97 bits per heavy atom. The van der Waals surface area contributed by atoms with E-state index in [1.807, 2.05) is 13.8 Å². The SMILES string of the molecule is CC(C)c1c(C2CCC(C(=O)O)C2)c2c(F)c3[nH]ncc3cc2n1-c1ccc(F)c(F)c1. The number of aliphatic carboxylic acids is 1. The fourth-order valence-corrected chi connectivity index (χ4v) is 5.20. The molecule has 1 aliphatic carbocycles. The molecule has 4 aromatic rings. The van der Waals surface area contributed by atoms with Crippen LogP contribution in [0, 0.1) is 23.4 Å². The minimum atomic E-state index is -0.989. The van der Waals surface area contributed by atoms with Gasteiger partial charge in [0.25, 0.3) is 0 Å². The first-order chi connectivity index (χ1) is 15.3. The van der Waals surface area contributed by atoms with Crippen LogP contribution in [0.3, 0.4) is 0 Å². The Morgan fingerprint density at radius 1 is 1.19 bits per heavy atom. The van der Waals surface area contributed by atoms with Gasteiger partial charge in [-0.1, -0.05) is 13.8 Å². The molecule has 8 heteroatoms. The molecule has 0 radical (unpaired) electrons. The monoisotopic (exact) mass is 441 g/mol. The number of carboxylic acids is 1. The smallest absolute Gasteiger partial charge is 0.306 e. The van der Waals surface area contributed by atoms with Gasteiger partial charge in [0.05, 0.1) is 17.6 Å². The second kappa shape index (κ2) is 7.39. The second-order valence-corrected chi connectivity index (χ2v) is 8.85. The van der Waals surface area contributed by atoms with Crippen LogP contribution in [0.5, 0.6) is 0 Å². The van der Waals surface area contributed by atoms with Gasteiger partial charge in [-0.05, 0) is 54.9 Å². The highest BCUT2D eigenvalue weighted by Gasteiger charge is 2.36. The van der Waals surface area contributed by atoms with Crippen LogP contribution >= 0.6 is 0 Å². The van der Waals surface area contributed by atoms with Gasteiger partial charge in [-0.15, -0.1) is 0 Å². The second-order valence-electron chi connectivity index (χ2n) is 8.85. The quantitative estimate of drug-likeness (QED) is 0.407. The molecular formula is C24H22F3N3O2. The van der Waals surface area contributed by atoms with Crippen LogP contribution < -0.4 is 0 Å². The molecule has 2 heterocycles. The normalized spacial score (nSPS) is 18.9. The number of benzene rings is 2. The minimum Gasteiger partial charge on any atom is -0.481 e. The van der Waals surface area contributed by atoms with E-state index in [9.17, 15) is 18.7 Å². The number of carboxylic acid groups (broad SMARTS) is 1. The lowest BCUT2D eigenvalue weighted by molar-refractivity contribution is -0.141. The van der Waals surface area contributed by atoms with Gasteiger partial charge in [-0.25, -0.2) is 13.2 Å². The highest BCUT2D eigenvalue weighted by Crippen LogP contribution is 2.48. The maximum absolute atomic E-state index is 15.8. The Balaban J connectivity index is 1.88. The lowest BCUT2D eigenvalue weighted by Gasteiger charge is -2.18. The fourth-order valence-electron chi connectivity index (χ4n) is 5.20. The molecule has 5 nitrogen and oxygen atoms in total. The maximum atomic E-state index is 15.8. The molecule has 5 rings (SSSR count). The average Bonchev–Trinajstić information content (AvgIpc) is 3.46. The molecule has 2 aromatic carbocycles. The van der Waals surface area contributed by atoms with Crippen molar-refractivity contribution in [1.82, 2.24) is 14.8 Å². The third kappa shape index (κ3) is 3.00. The van der Waals surface area contributed by atoms with E-state index >= 15 is 4.39 Å². The lowest BCUT2D eigenvalue weighted by atomic mass is 9.89. The maximum Gasteiger partial charge on any atom is 0.306 e. The zero-order chi connectivity index (χ0) is 22.7. The number of nitrogens with zero attached hydrogens (tertiary/aromatic N) is 2. The summed E-state index contributed by atoms with van der Waals surface area (Å²) in [5.74, 6) is -3.98. The van der Waals surface area contributed by atoms with E-state index in [0.29, 0.717) is 41.2 Å². The largest absolute Gasteiger partial charge is 0.481 e. The highest BCUT2D eigenvalue weighted by atomic mass is 19.2. The molecule has 166 valence electrons. The first kappa shape index (κ1) is 20.6. The molecular weight excluding hydrogens is 419 g/mol. The van der Waals surface area contributed by atoms with E-state index in [1.54, 1.807) is 10.6 Å². The molecule has 2 N–H and O–H groups in total. The van der Waals surface area contributed by atoms with Crippen molar-refractivity contribution >= 4 is 27.8 Å². The summed E-state index contributed by atoms with van der Waals surface area (Å²) in [6, 6.07) is 5.43. The van der Waals surface area contributed by atoms with Crippen molar-refractivity contribution < 1.29 is 23.1 Å². The van der Waals surface area contributed by atoms with Gasteiger partial charge in [0.15, 0.2) is 17.5 Å². The van der Waals surface area contributed by atoms with E-state index in [-0.39, 0.29) is 17.4 Å². The summed E-state index contributed by atoms with van der Waals surface area (Å²) in [6.45, 7) is 3.92. The lowest BCUT2D eigenvalue weighted by Crippen LogP contribution is -2.10. The van der Waals surface area contributed by atoms with E-state index in [1.165, 1.54) is 12.3 Å². The first-order valence-electron chi connectivity index (χ1n) is 10.7. The predicted molar refractivity (Wildman–Crippen MR) is 115 cm³/mol. The van der Waals surface area contributed by atoms with Crippen molar-refractivity contribution in [2.45, 2.75) is 44.9 Å². The van der Waals surface area contributed by atoms with Gasteiger partial charge >= 0.3 is 5.97 Å². The van der Waals surface area contributed by atoms with E-state index < -0.39 is 29.3 Å². The van der Waals surface area contributed by atoms with Gasteiger partial charge < -0.3 is 9.67 Å². The average molecular weight is 441 g/mol. The number of fused-ring (bicyclic) bond motifs is 2. The van der Waals surface area contributed by atoms with E-state index in [2.05, 4.69) is 10.2 Å². The summed E-state index contributed by atoms with van der Waals surface area (Å²) in [7, 11) is 0. The summed E-state index contributed by atoms with van der Waals surface area (Å²) in [5, 5.41) is 17.1. The standard InChI is InChI=1S/C24H22F3N3O2/c1-11(2)23-19(12-3-4-13(7-12)24(31)32)20-18(8-14-10-28-29-22(14)21(20)27)30(23)15-5-6-16(25)17(26)9-15/h5-6,8-13H,3-4,7H2,1-2H3,(H,28,29)(H,31,32). The topological polar surface area (TPSA) is 70.9 Å². The number of H-pyrrole nitrogens is 1. The number of aromatic amines is 1. The molecule has 1 saturated carbocycles. The van der Waals surface area contributed by atoms with Crippen LogP contribution in [-0.4, -0.2) is 25.8 Å². The fraction of sp³-hybridized carbons (Fsp3) is 0.333. The van der Waals surface area contributed by atoms with Crippen LogP contribution in [0.1, 0.15) is 56.2 Å². The molecule has 2 unspecified atom stereocenters. The van der Waals surface area contributed by atoms with Crippen molar-refractivity contribution in [3.63, 3.8) is 0 Å². The van der Waals surface area contributed by atoms with Crippen molar-refractivity contribution in [3.8, 4) is 5.69 Å². The molecule has 1 aliphatic rings. The Labute approximate surface area is 181 Å². The van der Waals surface area contributed by atoms with Crippen LogP contribution in [-0.2, 0) is 4.79 Å². The van der Waals surface area contributed by atoms with Crippen molar-refractivity contribution in [2.75, 3.05) is 0 Å². The summed E-state index contributed by atoms with van der Waals surface area (Å²) in [6.07, 6.45) is 3.06. The van der Waals surface area contributed by atoms with Gasteiger partial charge in [0.2, 0.25) is 0 Å². The van der Waals surface area contributed by atoms with Gasteiger partial charge in [-0.2, -0.15) is 5.10 Å². The number of nitrogens with one attached hydrogen (secondary N) is 1. The molecule has 0 bridgehead atoms. The molecule has 1 fully saturated rings. The van der Waals surface area contributed by atoms with Crippen molar-refractivity contribution in [1.29, 1.82) is 0 Å². The molecule has 0 aliphatic heterocycles. The number of hydrogen-bond acceptors (Lipinski definition) is 2. The molecule has 0 spiro atoms. The van der Waals surface area contributed by atoms with Crippen LogP contribution in [0.15, 0.2) is 30.5 Å². The third-order valence-electron chi connectivity index (χ3n) is 6.58. The summed E-state index contributed by atoms with van der Waals surface area (Å²) in [5.41, 5.74) is 2.71. The predicted octanol–water partition coefficient (Wildman–Crippen LogP) is 6.02. The zero-order valence-electron chi connectivity index (χ0n) is 17.6. The molecule has 0 amide bonds. The number of hydrogen-bond donors (Lipinski definition) is 2. The zero-order valence-corrected chi connectivity index (χ0v) is 17.6. The van der Waals surface area contributed by atoms with Gasteiger partial charge in [0, 0.05) is 28.2 Å². The summed E-state index contributed by atoms with van der Waals surface area (Å²) in [4.78, 5) is 11.6. The Kier molecular flexibility index (Phi) is 4.76. The summed E-state index contributed by atoms with van der Waals surface area (Å²) < 4.78 is 45.5. The summed E-state index contributed by atoms with van der Waals surface area (Å²) >= 11 is 0. The molecule has 0 saturated heterocycles. The number of halogens is 3. The number of aromatic nitrogens is 3.